The highest BCUT2D eigenvalue weighted by atomic mass is 35.5. The summed E-state index contributed by atoms with van der Waals surface area (Å²) in [6.07, 6.45) is 3.30. The molecule has 0 aliphatic rings. The van der Waals surface area contributed by atoms with Gasteiger partial charge in [0, 0.05) is 18.8 Å². The van der Waals surface area contributed by atoms with E-state index in [1.165, 1.54) is 11.8 Å². The average molecular weight is 344 g/mol. The normalized spacial score (nSPS) is 10.8. The number of anilines is 1. The number of benzene rings is 1. The lowest BCUT2D eigenvalue weighted by molar-refractivity contribution is 0.101. The fraction of sp³-hybridized carbons (Fsp3) is 0.235. The van der Waals surface area contributed by atoms with Crippen LogP contribution in [0.25, 0.3) is 0 Å². The molecule has 0 radical (unpaired) electrons. The summed E-state index contributed by atoms with van der Waals surface area (Å²) >= 11 is 6.04. The van der Waals surface area contributed by atoms with E-state index >= 15 is 0 Å². The largest absolute Gasteiger partial charge is 0.304 e. The van der Waals surface area contributed by atoms with E-state index < -0.39 is 0 Å². The molecule has 0 fully saturated rings. The Kier molecular flexibility index (Phi) is 4.66. The highest BCUT2D eigenvalue weighted by molar-refractivity contribution is 6.34. The van der Waals surface area contributed by atoms with Crippen molar-refractivity contribution in [1.29, 1.82) is 0 Å². The van der Waals surface area contributed by atoms with Crippen molar-refractivity contribution in [1.82, 2.24) is 19.6 Å². The topological polar surface area (TPSA) is 64.7 Å². The number of hydrogen-bond acceptors (Lipinski definition) is 3. The lowest BCUT2D eigenvalue weighted by Gasteiger charge is -2.05. The van der Waals surface area contributed by atoms with Crippen LogP contribution in [-0.2, 0) is 13.1 Å². The van der Waals surface area contributed by atoms with Crippen LogP contribution in [0.15, 0.2) is 42.7 Å². The number of rotatable bonds is 5. The second kappa shape index (κ2) is 6.88. The van der Waals surface area contributed by atoms with Crippen molar-refractivity contribution >= 4 is 23.3 Å². The summed E-state index contributed by atoms with van der Waals surface area (Å²) in [7, 11) is 0. The Morgan fingerprint density at radius 1 is 1.25 bits per heavy atom. The molecular formula is C17H18ClN5O. The molecule has 0 saturated heterocycles. The van der Waals surface area contributed by atoms with Gasteiger partial charge >= 0.3 is 0 Å². The molecule has 1 amide bonds. The van der Waals surface area contributed by atoms with E-state index in [4.69, 9.17) is 11.6 Å². The summed E-state index contributed by atoms with van der Waals surface area (Å²) in [5.74, 6) is 0.159. The number of nitrogens with zero attached hydrogens (tertiary/aromatic N) is 4. The fourth-order valence-electron chi connectivity index (χ4n) is 2.40. The van der Waals surface area contributed by atoms with Gasteiger partial charge in [-0.05, 0) is 19.4 Å². The molecule has 0 atom stereocenters. The van der Waals surface area contributed by atoms with Gasteiger partial charge in [0.05, 0.1) is 17.8 Å². The molecule has 0 saturated carbocycles. The van der Waals surface area contributed by atoms with Crippen molar-refractivity contribution < 1.29 is 4.79 Å². The zero-order chi connectivity index (χ0) is 17.1. The van der Waals surface area contributed by atoms with Crippen molar-refractivity contribution in [3.05, 3.63) is 64.6 Å². The van der Waals surface area contributed by atoms with E-state index in [0.29, 0.717) is 29.6 Å². The van der Waals surface area contributed by atoms with E-state index in [1.807, 2.05) is 13.1 Å². The van der Waals surface area contributed by atoms with E-state index in [2.05, 4.69) is 46.7 Å². The Morgan fingerprint density at radius 2 is 2.00 bits per heavy atom. The Balaban J connectivity index is 1.70. The molecule has 1 N–H and O–H groups in total. The lowest BCUT2D eigenvalue weighted by atomic mass is 10.1. The highest BCUT2D eigenvalue weighted by Gasteiger charge is 2.17. The molecule has 0 spiro atoms. The van der Waals surface area contributed by atoms with Crippen LogP contribution in [0.1, 0.15) is 28.5 Å². The van der Waals surface area contributed by atoms with Crippen molar-refractivity contribution in [3.8, 4) is 0 Å². The van der Waals surface area contributed by atoms with E-state index in [-0.39, 0.29) is 5.91 Å². The first-order valence-corrected chi connectivity index (χ1v) is 8.06. The van der Waals surface area contributed by atoms with Crippen molar-refractivity contribution in [2.24, 2.45) is 0 Å². The SMILES string of the molecule is CCn1ncc(Cl)c1C(=O)Nc1ccn(Cc2ccc(C)cc2)n1. The molecular weight excluding hydrogens is 326 g/mol. The molecule has 0 bridgehead atoms. The molecule has 0 aliphatic heterocycles. The van der Waals surface area contributed by atoms with Crippen molar-refractivity contribution in [2.45, 2.75) is 26.9 Å². The van der Waals surface area contributed by atoms with Gasteiger partial charge < -0.3 is 5.32 Å². The van der Waals surface area contributed by atoms with Gasteiger partial charge in [-0.25, -0.2) is 0 Å². The Hall–Kier alpha value is -2.60. The van der Waals surface area contributed by atoms with E-state index in [0.717, 1.165) is 5.56 Å². The van der Waals surface area contributed by atoms with Gasteiger partial charge in [0.15, 0.2) is 5.82 Å². The maximum Gasteiger partial charge on any atom is 0.276 e. The summed E-state index contributed by atoms with van der Waals surface area (Å²) in [6, 6.07) is 10.0. The van der Waals surface area contributed by atoms with Gasteiger partial charge in [-0.1, -0.05) is 41.4 Å². The van der Waals surface area contributed by atoms with Crippen LogP contribution < -0.4 is 5.32 Å². The van der Waals surface area contributed by atoms with Crippen LogP contribution in [0.4, 0.5) is 5.82 Å². The third-order valence-electron chi connectivity index (χ3n) is 3.66. The third-order valence-corrected chi connectivity index (χ3v) is 3.93. The van der Waals surface area contributed by atoms with Gasteiger partial charge in [0.25, 0.3) is 5.91 Å². The molecule has 3 aromatic rings. The molecule has 2 aromatic heterocycles. The minimum absolute atomic E-state index is 0.320. The minimum Gasteiger partial charge on any atom is -0.304 e. The number of aromatic nitrogens is 4. The van der Waals surface area contributed by atoms with Gasteiger partial charge in [-0.3, -0.25) is 14.2 Å². The predicted octanol–water partition coefficient (Wildman–Crippen LogP) is 3.36. The summed E-state index contributed by atoms with van der Waals surface area (Å²) in [4.78, 5) is 12.4. The summed E-state index contributed by atoms with van der Waals surface area (Å²) in [5.41, 5.74) is 2.71. The van der Waals surface area contributed by atoms with Crippen LogP contribution in [-0.4, -0.2) is 25.5 Å². The molecule has 124 valence electrons. The van der Waals surface area contributed by atoms with Crippen LogP contribution in [0, 0.1) is 6.92 Å². The molecule has 24 heavy (non-hydrogen) atoms. The summed E-state index contributed by atoms with van der Waals surface area (Å²) in [6.45, 7) is 5.16. The third kappa shape index (κ3) is 3.49. The second-order valence-electron chi connectivity index (χ2n) is 5.50. The van der Waals surface area contributed by atoms with Gasteiger partial charge in [-0.15, -0.1) is 0 Å². The second-order valence-corrected chi connectivity index (χ2v) is 5.90. The molecule has 0 aliphatic carbocycles. The first kappa shape index (κ1) is 16.3. The molecule has 1 aromatic carbocycles. The fourth-order valence-corrected chi connectivity index (χ4v) is 2.63. The summed E-state index contributed by atoms with van der Waals surface area (Å²) in [5, 5.41) is 11.5. The lowest BCUT2D eigenvalue weighted by Crippen LogP contribution is -2.18. The van der Waals surface area contributed by atoms with E-state index in [9.17, 15) is 4.79 Å². The minimum atomic E-state index is -0.320. The summed E-state index contributed by atoms with van der Waals surface area (Å²) < 4.78 is 3.33. The van der Waals surface area contributed by atoms with Crippen LogP contribution in [0.5, 0.6) is 0 Å². The molecule has 6 nitrogen and oxygen atoms in total. The first-order valence-electron chi connectivity index (χ1n) is 7.68. The number of halogens is 1. The molecule has 7 heteroatoms. The number of amides is 1. The standard InChI is InChI=1S/C17H18ClN5O/c1-3-23-16(14(18)10-19-23)17(24)20-15-8-9-22(21-15)11-13-6-4-12(2)5-7-13/h4-10H,3,11H2,1-2H3,(H,20,21,24). The van der Waals surface area contributed by atoms with Gasteiger partial charge in [0.1, 0.15) is 5.69 Å². The monoisotopic (exact) mass is 343 g/mol. The van der Waals surface area contributed by atoms with Gasteiger partial charge in [-0.2, -0.15) is 10.2 Å². The van der Waals surface area contributed by atoms with Crippen LogP contribution in [0.3, 0.4) is 0 Å². The van der Waals surface area contributed by atoms with Crippen LogP contribution >= 0.6 is 11.6 Å². The molecule has 0 unspecified atom stereocenters. The number of hydrogen-bond donors (Lipinski definition) is 1. The maximum absolute atomic E-state index is 12.4. The Morgan fingerprint density at radius 3 is 2.71 bits per heavy atom. The van der Waals surface area contributed by atoms with E-state index in [1.54, 1.807) is 15.4 Å². The quantitative estimate of drug-likeness (QED) is 0.772. The average Bonchev–Trinajstić information content (AvgIpc) is 3.15. The Labute approximate surface area is 145 Å². The zero-order valence-corrected chi connectivity index (χ0v) is 14.3. The molecule has 3 rings (SSSR count). The first-order chi connectivity index (χ1) is 11.6. The number of aryl methyl sites for hydroxylation is 2. The van der Waals surface area contributed by atoms with Crippen LogP contribution in [0.2, 0.25) is 5.02 Å². The molecule has 2 heterocycles. The highest BCUT2D eigenvalue weighted by Crippen LogP contribution is 2.17. The smallest absolute Gasteiger partial charge is 0.276 e. The zero-order valence-electron chi connectivity index (χ0n) is 13.5. The Bertz CT molecular complexity index is 850. The predicted molar refractivity (Wildman–Crippen MR) is 93.4 cm³/mol. The number of nitrogens with one attached hydrogen (secondary N) is 1. The van der Waals surface area contributed by atoms with Crippen molar-refractivity contribution in [2.75, 3.05) is 5.32 Å². The van der Waals surface area contributed by atoms with Gasteiger partial charge in [0.2, 0.25) is 0 Å². The number of carbonyl (C=O) groups is 1. The maximum atomic E-state index is 12.4. The number of carbonyl (C=O) groups excluding carboxylic acids is 1. The van der Waals surface area contributed by atoms with Crippen molar-refractivity contribution in [3.63, 3.8) is 0 Å².